The lowest BCUT2D eigenvalue weighted by atomic mass is 9.75. The maximum Gasteiger partial charge on any atom is 0.337 e. The van der Waals surface area contributed by atoms with E-state index < -0.39 is 11.9 Å². The van der Waals surface area contributed by atoms with Gasteiger partial charge in [-0.15, -0.1) is 0 Å². The Kier molecular flexibility index (Phi) is 6.42. The van der Waals surface area contributed by atoms with Crippen molar-refractivity contribution in [2.75, 3.05) is 20.3 Å². The summed E-state index contributed by atoms with van der Waals surface area (Å²) in [6, 6.07) is 5.53. The van der Waals surface area contributed by atoms with Crippen molar-refractivity contribution >= 4 is 11.8 Å². The Hall–Kier alpha value is -3.02. The molecule has 6 heteroatoms. The monoisotopic (exact) mass is 397 g/mol. The minimum absolute atomic E-state index is 0.0538. The first-order chi connectivity index (χ1) is 14.0. The first kappa shape index (κ1) is 20.7. The molecule has 0 radical (unpaired) electrons. The van der Waals surface area contributed by atoms with E-state index in [1.54, 1.807) is 7.11 Å². The number of hydrogen-bond donors (Lipinski definition) is 1. The predicted octanol–water partition coefficient (Wildman–Crippen LogP) is 3.79. The molecule has 0 aromatic heterocycles. The van der Waals surface area contributed by atoms with Gasteiger partial charge >= 0.3 is 5.97 Å². The summed E-state index contributed by atoms with van der Waals surface area (Å²) in [6.45, 7) is 7.95. The van der Waals surface area contributed by atoms with E-state index in [-0.39, 0.29) is 12.4 Å². The third-order valence-corrected chi connectivity index (χ3v) is 5.15. The molecular weight excluding hydrogens is 370 g/mol. The van der Waals surface area contributed by atoms with Crippen LogP contribution in [0.15, 0.2) is 53.4 Å². The number of dihydropyridines is 1. The van der Waals surface area contributed by atoms with Gasteiger partial charge in [-0.3, -0.25) is 4.79 Å². The van der Waals surface area contributed by atoms with Crippen LogP contribution in [0.1, 0.15) is 44.6 Å². The van der Waals surface area contributed by atoms with Crippen LogP contribution in [-0.2, 0) is 14.3 Å². The average Bonchev–Trinajstić information content (AvgIpc) is 2.71. The van der Waals surface area contributed by atoms with Crippen molar-refractivity contribution in [3.8, 4) is 11.5 Å². The number of methoxy groups -OCH3 is 1. The number of carbonyl (C=O) groups is 2. The Morgan fingerprint density at radius 1 is 1.31 bits per heavy atom. The molecular formula is C23H27NO5. The molecule has 1 aromatic carbocycles. The molecule has 0 bridgehead atoms. The van der Waals surface area contributed by atoms with E-state index in [0.29, 0.717) is 41.4 Å². The van der Waals surface area contributed by atoms with Crippen molar-refractivity contribution in [3.05, 3.63) is 59.0 Å². The lowest BCUT2D eigenvalue weighted by molar-refractivity contribution is -0.138. The van der Waals surface area contributed by atoms with Crippen LogP contribution in [0.4, 0.5) is 0 Å². The number of ketones is 1. The minimum Gasteiger partial charge on any atom is -0.493 e. The number of benzene rings is 1. The van der Waals surface area contributed by atoms with Gasteiger partial charge in [-0.2, -0.15) is 0 Å². The van der Waals surface area contributed by atoms with Crippen LogP contribution in [-0.4, -0.2) is 32.1 Å². The van der Waals surface area contributed by atoms with Crippen molar-refractivity contribution in [2.24, 2.45) is 0 Å². The number of rotatable bonds is 7. The molecule has 0 saturated heterocycles. The van der Waals surface area contributed by atoms with E-state index in [4.69, 9.17) is 14.2 Å². The molecule has 1 atom stereocenters. The van der Waals surface area contributed by atoms with Crippen molar-refractivity contribution in [1.82, 2.24) is 5.32 Å². The fourth-order valence-corrected chi connectivity index (χ4v) is 3.94. The normalized spacial score (nSPS) is 18.7. The molecule has 3 rings (SSSR count). The van der Waals surface area contributed by atoms with Crippen molar-refractivity contribution in [2.45, 2.75) is 39.0 Å². The molecule has 0 unspecified atom stereocenters. The van der Waals surface area contributed by atoms with Crippen LogP contribution in [0, 0.1) is 0 Å². The van der Waals surface area contributed by atoms with Gasteiger partial charge in [0.15, 0.2) is 17.3 Å². The summed E-state index contributed by atoms with van der Waals surface area (Å²) in [7, 11) is 1.57. The maximum atomic E-state index is 12.9. The van der Waals surface area contributed by atoms with Crippen LogP contribution >= 0.6 is 0 Å². The second-order valence-corrected chi connectivity index (χ2v) is 7.00. The van der Waals surface area contributed by atoms with E-state index in [1.165, 1.54) is 6.08 Å². The number of allylic oxidation sites excluding steroid dienone is 3. The van der Waals surface area contributed by atoms with Gasteiger partial charge in [0, 0.05) is 29.3 Å². The predicted molar refractivity (Wildman–Crippen MR) is 110 cm³/mol. The molecule has 1 heterocycles. The van der Waals surface area contributed by atoms with E-state index in [0.717, 1.165) is 24.1 Å². The molecule has 0 spiro atoms. The lowest BCUT2D eigenvalue weighted by Crippen LogP contribution is -2.34. The van der Waals surface area contributed by atoms with Gasteiger partial charge in [0.05, 0.1) is 19.3 Å². The number of Topliss-reactive ketones (excluding diaryl/α,β-unsaturated/α-hetero) is 1. The Morgan fingerprint density at radius 3 is 2.79 bits per heavy atom. The fraction of sp³-hybridized carbons (Fsp3) is 0.391. The van der Waals surface area contributed by atoms with Crippen LogP contribution in [0.25, 0.3) is 0 Å². The van der Waals surface area contributed by atoms with Gasteiger partial charge in [-0.1, -0.05) is 18.7 Å². The van der Waals surface area contributed by atoms with Crippen molar-refractivity contribution < 1.29 is 23.8 Å². The summed E-state index contributed by atoms with van der Waals surface area (Å²) in [5, 5.41) is 3.27. The Morgan fingerprint density at radius 2 is 2.10 bits per heavy atom. The van der Waals surface area contributed by atoms with Crippen LogP contribution in [0.3, 0.4) is 0 Å². The number of ether oxygens (including phenoxy) is 3. The number of hydrogen-bond acceptors (Lipinski definition) is 6. The molecule has 1 aromatic rings. The summed E-state index contributed by atoms with van der Waals surface area (Å²) in [6.07, 6.45) is 3.57. The van der Waals surface area contributed by atoms with Gasteiger partial charge in [0.2, 0.25) is 0 Å². The Balaban J connectivity index is 2.14. The van der Waals surface area contributed by atoms with Crippen LogP contribution in [0.5, 0.6) is 11.5 Å². The largest absolute Gasteiger partial charge is 0.493 e. The number of nitrogens with one attached hydrogen (secondary N) is 1. The number of carbonyl (C=O) groups excluding carboxylic acids is 2. The zero-order valence-corrected chi connectivity index (χ0v) is 17.2. The molecule has 1 aliphatic heterocycles. The Bertz CT molecular complexity index is 897. The third-order valence-electron chi connectivity index (χ3n) is 5.15. The summed E-state index contributed by atoms with van der Waals surface area (Å²) >= 11 is 0. The van der Waals surface area contributed by atoms with Crippen molar-refractivity contribution in [3.63, 3.8) is 0 Å². The Labute approximate surface area is 171 Å². The highest BCUT2D eigenvalue weighted by atomic mass is 16.5. The first-order valence-corrected chi connectivity index (χ1v) is 9.84. The fourth-order valence-electron chi connectivity index (χ4n) is 3.94. The summed E-state index contributed by atoms with van der Waals surface area (Å²) in [4.78, 5) is 25.8. The average molecular weight is 397 g/mol. The highest BCUT2D eigenvalue weighted by molar-refractivity contribution is 6.03. The van der Waals surface area contributed by atoms with Gasteiger partial charge in [-0.05, 0) is 44.4 Å². The van der Waals surface area contributed by atoms with Gasteiger partial charge in [-0.25, -0.2) is 4.79 Å². The molecule has 1 aliphatic carbocycles. The van der Waals surface area contributed by atoms with Crippen LogP contribution in [0.2, 0.25) is 0 Å². The topological polar surface area (TPSA) is 73.9 Å². The number of esters is 1. The summed E-state index contributed by atoms with van der Waals surface area (Å²) in [5.74, 6) is 0.259. The van der Waals surface area contributed by atoms with E-state index >= 15 is 0 Å². The molecule has 29 heavy (non-hydrogen) atoms. The minimum atomic E-state index is -0.513. The zero-order valence-electron chi connectivity index (χ0n) is 17.2. The molecule has 6 nitrogen and oxygen atoms in total. The van der Waals surface area contributed by atoms with Gasteiger partial charge < -0.3 is 19.5 Å². The summed E-state index contributed by atoms with van der Waals surface area (Å²) < 4.78 is 16.5. The van der Waals surface area contributed by atoms with Gasteiger partial charge in [0.25, 0.3) is 0 Å². The second-order valence-electron chi connectivity index (χ2n) is 7.00. The first-order valence-electron chi connectivity index (χ1n) is 9.84. The smallest absolute Gasteiger partial charge is 0.337 e. The summed E-state index contributed by atoms with van der Waals surface area (Å²) in [5.41, 5.74) is 3.45. The zero-order chi connectivity index (χ0) is 21.0. The van der Waals surface area contributed by atoms with E-state index in [1.807, 2.05) is 32.0 Å². The molecule has 0 fully saturated rings. The quantitative estimate of drug-likeness (QED) is 0.557. The lowest BCUT2D eigenvalue weighted by Gasteiger charge is -2.34. The third kappa shape index (κ3) is 4.06. The molecule has 0 amide bonds. The standard InChI is InChI=1S/C23H27NO5/c1-5-12-29-23(26)20-14(3)24-16-8-7-9-17(25)22(16)21(20)15-10-11-18(28-6-2)19(13-15)27-4/h5,10-11,13,21,24H,1,6-9,12H2,2-4H3/t21-/m1/s1. The SMILES string of the molecule is C=CCOC(=O)C1=C(C)NC2=C(C(=O)CCC2)[C@@H]1c1ccc(OCC)c(OC)c1. The highest BCUT2D eigenvalue weighted by Crippen LogP contribution is 2.44. The molecule has 0 saturated carbocycles. The second kappa shape index (κ2) is 8.99. The van der Waals surface area contributed by atoms with Gasteiger partial charge in [0.1, 0.15) is 6.61 Å². The highest BCUT2D eigenvalue weighted by Gasteiger charge is 2.39. The van der Waals surface area contributed by atoms with E-state index in [2.05, 4.69) is 11.9 Å². The molecule has 154 valence electrons. The molecule has 1 N–H and O–H groups in total. The molecule has 2 aliphatic rings. The van der Waals surface area contributed by atoms with Crippen molar-refractivity contribution in [1.29, 1.82) is 0 Å². The maximum absolute atomic E-state index is 12.9. The van der Waals surface area contributed by atoms with E-state index in [9.17, 15) is 9.59 Å². The van der Waals surface area contributed by atoms with Crippen LogP contribution < -0.4 is 14.8 Å².